The van der Waals surface area contributed by atoms with Crippen molar-refractivity contribution in [1.82, 2.24) is 0 Å². The van der Waals surface area contributed by atoms with Gasteiger partial charge in [0.2, 0.25) is 23.6 Å². The Morgan fingerprint density at radius 3 is 1.51 bits per heavy atom. The molecule has 74 heavy (non-hydrogen) atoms. The van der Waals surface area contributed by atoms with Crippen molar-refractivity contribution in [1.29, 1.82) is 0 Å². The number of carbonyl (C=O) groups excluding carboxylic acids is 4. The Morgan fingerprint density at radius 2 is 0.986 bits per heavy atom. The maximum absolute atomic E-state index is 15.6. The summed E-state index contributed by atoms with van der Waals surface area (Å²) in [5.74, 6) is -3.67. The summed E-state index contributed by atoms with van der Waals surface area (Å²) in [5, 5.41) is -0.0595. The smallest absolute Gasteiger partial charge is 0.303 e. The lowest BCUT2D eigenvalue weighted by molar-refractivity contribution is -0.278. The van der Waals surface area contributed by atoms with Crippen molar-refractivity contribution in [2.75, 3.05) is 13.2 Å². The molecule has 5 unspecified atom stereocenters. The lowest BCUT2D eigenvalue weighted by Crippen LogP contribution is -2.61. The zero-order chi connectivity index (χ0) is 52.0. The van der Waals surface area contributed by atoms with Crippen molar-refractivity contribution in [2.24, 2.45) is 5.92 Å². The standard InChI is InChI=1S/C58H54O16/c1-36(59)64-34-46-51(35-65-37(2)60)73-58(57(71-39(4)62)55(46)70-38(3)61)74-56-53(63)52-49(69-33-43-23-15-8-16-24-43)28-45(66-30-40-17-9-5-10-18-40)29-50(52)72-54(56)44-25-26-47(67-31-41-19-11-6-12-20-41)48(27-44)68-32-42-21-13-7-14-22-42/h5-29,46,51,55,57-58H,30-35H2,1-4H3. The zero-order valence-corrected chi connectivity index (χ0v) is 41.1. The predicted molar refractivity (Wildman–Crippen MR) is 268 cm³/mol. The second kappa shape index (κ2) is 24.7. The summed E-state index contributed by atoms with van der Waals surface area (Å²) >= 11 is 0. The third kappa shape index (κ3) is 13.7. The Hall–Kier alpha value is -8.63. The Morgan fingerprint density at radius 1 is 0.500 bits per heavy atom. The number of esters is 4. The van der Waals surface area contributed by atoms with E-state index in [1.165, 1.54) is 13.8 Å². The van der Waals surface area contributed by atoms with Crippen LogP contribution < -0.4 is 29.1 Å². The van der Waals surface area contributed by atoms with Gasteiger partial charge in [-0.1, -0.05) is 121 Å². The molecule has 16 nitrogen and oxygen atoms in total. The number of carbonyl (C=O) groups is 4. The molecule has 1 aliphatic heterocycles. The first-order valence-electron chi connectivity index (χ1n) is 23.8. The fourth-order valence-corrected chi connectivity index (χ4v) is 8.18. The van der Waals surface area contributed by atoms with Gasteiger partial charge < -0.3 is 51.8 Å². The first-order valence-corrected chi connectivity index (χ1v) is 23.8. The van der Waals surface area contributed by atoms with Gasteiger partial charge in [0, 0.05) is 45.4 Å². The summed E-state index contributed by atoms with van der Waals surface area (Å²) in [6.45, 7) is 4.28. The zero-order valence-electron chi connectivity index (χ0n) is 41.1. The summed E-state index contributed by atoms with van der Waals surface area (Å²) < 4.78 is 67.9. The SMILES string of the molecule is CC(=O)OCC1OC(Oc2c(-c3ccc(OCc4ccccc4)c(OCc4ccccc4)c3)oc3cc(OCc4ccccc4)cc(OCc4ccccc4)c3c2=O)C(OC(C)=O)C(OC(C)=O)C1COC(C)=O. The lowest BCUT2D eigenvalue weighted by Gasteiger charge is -2.44. The molecule has 0 aliphatic carbocycles. The molecule has 0 spiro atoms. The molecule has 0 amide bonds. The Bertz CT molecular complexity index is 3090. The van der Waals surface area contributed by atoms with Crippen molar-refractivity contribution in [3.63, 3.8) is 0 Å². The molecule has 8 rings (SSSR count). The minimum Gasteiger partial charge on any atom is -0.489 e. The van der Waals surface area contributed by atoms with E-state index in [0.717, 1.165) is 36.1 Å². The van der Waals surface area contributed by atoms with Gasteiger partial charge in [-0.3, -0.25) is 24.0 Å². The van der Waals surface area contributed by atoms with Crippen LogP contribution in [0.5, 0.6) is 28.7 Å². The number of ether oxygens (including phenoxy) is 10. The van der Waals surface area contributed by atoms with Crippen molar-refractivity contribution in [3.8, 4) is 40.1 Å². The summed E-state index contributed by atoms with van der Waals surface area (Å²) in [4.78, 5) is 65.8. The highest BCUT2D eigenvalue weighted by atomic mass is 16.7. The first-order chi connectivity index (χ1) is 35.9. The minimum absolute atomic E-state index is 0.0356. The van der Waals surface area contributed by atoms with Gasteiger partial charge in [-0.2, -0.15) is 0 Å². The molecule has 16 heteroatoms. The van der Waals surface area contributed by atoms with Gasteiger partial charge >= 0.3 is 23.9 Å². The van der Waals surface area contributed by atoms with Crippen LogP contribution in [0.2, 0.25) is 0 Å². The number of hydrogen-bond donors (Lipinski definition) is 0. The molecular formula is C58H54O16. The van der Waals surface area contributed by atoms with Crippen LogP contribution in [0.25, 0.3) is 22.3 Å². The molecule has 7 aromatic rings. The average Bonchev–Trinajstić information content (AvgIpc) is 3.40. The van der Waals surface area contributed by atoms with E-state index >= 15 is 4.79 Å². The monoisotopic (exact) mass is 1010 g/mol. The quantitative estimate of drug-likeness (QED) is 0.0488. The largest absolute Gasteiger partial charge is 0.489 e. The van der Waals surface area contributed by atoms with Gasteiger partial charge in [-0.25, -0.2) is 0 Å². The molecule has 0 N–H and O–H groups in total. The molecule has 5 atom stereocenters. The molecule has 1 saturated heterocycles. The van der Waals surface area contributed by atoms with Crippen LogP contribution in [0.15, 0.2) is 161 Å². The first kappa shape index (κ1) is 51.7. The number of hydrogen-bond acceptors (Lipinski definition) is 16. The third-order valence-corrected chi connectivity index (χ3v) is 11.6. The Balaban J connectivity index is 1.31. The highest BCUT2D eigenvalue weighted by molar-refractivity contribution is 5.89. The summed E-state index contributed by atoms with van der Waals surface area (Å²) in [7, 11) is 0. The van der Waals surface area contributed by atoms with Crippen LogP contribution in [-0.2, 0) is 69.3 Å². The molecule has 6 aromatic carbocycles. The minimum atomic E-state index is -1.78. The van der Waals surface area contributed by atoms with E-state index in [-0.39, 0.29) is 60.2 Å². The van der Waals surface area contributed by atoms with Crippen LogP contribution in [0.3, 0.4) is 0 Å². The Labute approximate surface area is 426 Å². The van der Waals surface area contributed by atoms with Gasteiger partial charge in [0.05, 0.1) is 5.92 Å². The van der Waals surface area contributed by atoms with E-state index < -0.39 is 78.8 Å². The molecule has 2 heterocycles. The van der Waals surface area contributed by atoms with E-state index in [2.05, 4.69) is 0 Å². The summed E-state index contributed by atoms with van der Waals surface area (Å²) in [6.07, 6.45) is -6.07. The molecule has 0 bridgehead atoms. The molecule has 1 fully saturated rings. The van der Waals surface area contributed by atoms with Crippen molar-refractivity contribution >= 4 is 34.8 Å². The van der Waals surface area contributed by atoms with E-state index in [0.29, 0.717) is 11.5 Å². The van der Waals surface area contributed by atoms with Crippen molar-refractivity contribution in [3.05, 3.63) is 184 Å². The van der Waals surface area contributed by atoms with Crippen LogP contribution in [0.4, 0.5) is 0 Å². The van der Waals surface area contributed by atoms with Gasteiger partial charge in [0.25, 0.3) is 0 Å². The van der Waals surface area contributed by atoms with Crippen LogP contribution in [-0.4, -0.2) is 61.7 Å². The second-order valence-electron chi connectivity index (χ2n) is 17.2. The van der Waals surface area contributed by atoms with E-state index in [4.69, 9.17) is 51.8 Å². The molecular weight excluding hydrogens is 953 g/mol. The normalized spacial score (nSPS) is 17.1. The molecule has 0 radical (unpaired) electrons. The van der Waals surface area contributed by atoms with Crippen molar-refractivity contribution in [2.45, 2.75) is 78.7 Å². The predicted octanol–water partition coefficient (Wildman–Crippen LogP) is 9.49. The second-order valence-corrected chi connectivity index (χ2v) is 17.2. The van der Waals surface area contributed by atoms with Crippen molar-refractivity contribution < 1.29 is 71.0 Å². The average molecular weight is 1010 g/mol. The van der Waals surface area contributed by atoms with Crippen LogP contribution >= 0.6 is 0 Å². The Kier molecular flexibility index (Phi) is 17.2. The van der Waals surface area contributed by atoms with E-state index in [9.17, 15) is 19.2 Å². The summed E-state index contributed by atoms with van der Waals surface area (Å²) in [6, 6.07) is 46.0. The van der Waals surface area contributed by atoms with Crippen LogP contribution in [0, 0.1) is 5.92 Å². The third-order valence-electron chi connectivity index (χ3n) is 11.6. The van der Waals surface area contributed by atoms with Gasteiger partial charge in [-0.15, -0.1) is 0 Å². The molecule has 382 valence electrons. The molecule has 0 saturated carbocycles. The fraction of sp³-hybridized carbons (Fsp3) is 0.259. The lowest BCUT2D eigenvalue weighted by atomic mass is 9.89. The molecule has 1 aromatic heterocycles. The highest BCUT2D eigenvalue weighted by Gasteiger charge is 2.52. The number of rotatable bonds is 21. The number of benzene rings is 6. The topological polar surface area (TPSA) is 191 Å². The maximum atomic E-state index is 15.6. The van der Waals surface area contributed by atoms with E-state index in [1.54, 1.807) is 30.3 Å². The van der Waals surface area contributed by atoms with E-state index in [1.807, 2.05) is 121 Å². The van der Waals surface area contributed by atoms with Crippen LogP contribution in [0.1, 0.15) is 49.9 Å². The van der Waals surface area contributed by atoms with Gasteiger partial charge in [-0.05, 0) is 40.5 Å². The highest BCUT2D eigenvalue weighted by Crippen LogP contribution is 2.42. The van der Waals surface area contributed by atoms with Gasteiger partial charge in [0.15, 0.2) is 23.4 Å². The fourth-order valence-electron chi connectivity index (χ4n) is 8.18. The molecule has 1 aliphatic rings. The summed E-state index contributed by atoms with van der Waals surface area (Å²) in [5.41, 5.74) is 2.98. The maximum Gasteiger partial charge on any atom is 0.303 e. The number of fused-ring (bicyclic) bond motifs is 1. The van der Waals surface area contributed by atoms with Gasteiger partial charge in [0.1, 0.15) is 68.2 Å².